The van der Waals surface area contributed by atoms with Gasteiger partial charge >= 0.3 is 0 Å². The third-order valence-electron chi connectivity index (χ3n) is 4.75. The topological polar surface area (TPSA) is 44.1 Å². The van der Waals surface area contributed by atoms with Crippen molar-refractivity contribution in [2.75, 3.05) is 7.11 Å². The fourth-order valence-corrected chi connectivity index (χ4v) is 4.55. The van der Waals surface area contributed by atoms with Gasteiger partial charge in [-0.1, -0.05) is 59.8 Å². The molecule has 0 aliphatic rings. The van der Waals surface area contributed by atoms with Crippen LogP contribution in [-0.4, -0.2) is 16.7 Å². The Balaban J connectivity index is 1.79. The van der Waals surface area contributed by atoms with Crippen LogP contribution in [0.3, 0.4) is 0 Å². The molecule has 0 N–H and O–H groups in total. The number of fused-ring (bicyclic) bond motifs is 1. The Morgan fingerprint density at radius 2 is 1.83 bits per heavy atom. The van der Waals surface area contributed by atoms with Gasteiger partial charge in [0, 0.05) is 21.9 Å². The van der Waals surface area contributed by atoms with E-state index in [9.17, 15) is 9.18 Å². The minimum atomic E-state index is -0.380. The van der Waals surface area contributed by atoms with Gasteiger partial charge in [0.2, 0.25) is 0 Å². The molecule has 152 valence electrons. The van der Waals surface area contributed by atoms with Gasteiger partial charge in [-0.05, 0) is 30.3 Å². The number of hydrogen-bond acceptors (Lipinski definition) is 4. The fourth-order valence-electron chi connectivity index (χ4n) is 3.21. The normalized spacial score (nSPS) is 11.0. The molecule has 0 fully saturated rings. The van der Waals surface area contributed by atoms with Crippen molar-refractivity contribution < 1.29 is 9.13 Å². The molecule has 1 aromatic heterocycles. The van der Waals surface area contributed by atoms with Crippen LogP contribution >= 0.6 is 23.4 Å². The second kappa shape index (κ2) is 8.90. The summed E-state index contributed by atoms with van der Waals surface area (Å²) in [5.41, 5.74) is 1.68. The number of methoxy groups -OCH3 is 1. The maximum atomic E-state index is 14.2. The zero-order valence-corrected chi connectivity index (χ0v) is 17.7. The SMILES string of the molecule is COc1ccccc1Cn1c(SCc2c(F)cccc2Cl)nc2ccccc2c1=O. The Hall–Kier alpha value is -2.83. The lowest BCUT2D eigenvalue weighted by Gasteiger charge is -2.15. The zero-order chi connectivity index (χ0) is 21.1. The number of halogens is 2. The molecule has 4 aromatic rings. The van der Waals surface area contributed by atoms with Crippen LogP contribution in [0.1, 0.15) is 11.1 Å². The second-order valence-electron chi connectivity index (χ2n) is 6.60. The number of rotatable bonds is 6. The number of ether oxygens (including phenoxy) is 1. The molecular weight excluding hydrogens is 423 g/mol. The fraction of sp³-hybridized carbons (Fsp3) is 0.130. The molecule has 0 aliphatic carbocycles. The lowest BCUT2D eigenvalue weighted by molar-refractivity contribution is 0.407. The summed E-state index contributed by atoms with van der Waals surface area (Å²) in [6, 6.07) is 19.3. The van der Waals surface area contributed by atoms with Crippen molar-refractivity contribution in [1.29, 1.82) is 0 Å². The van der Waals surface area contributed by atoms with Gasteiger partial charge in [-0.25, -0.2) is 9.37 Å². The van der Waals surface area contributed by atoms with Crippen molar-refractivity contribution in [3.63, 3.8) is 0 Å². The molecule has 0 saturated heterocycles. The van der Waals surface area contributed by atoms with Crippen LogP contribution in [0.2, 0.25) is 5.02 Å². The summed E-state index contributed by atoms with van der Waals surface area (Å²) in [4.78, 5) is 17.9. The van der Waals surface area contributed by atoms with Crippen molar-refractivity contribution in [3.8, 4) is 5.75 Å². The smallest absolute Gasteiger partial charge is 0.262 e. The molecule has 0 aliphatic heterocycles. The molecule has 0 saturated carbocycles. The van der Waals surface area contributed by atoms with Crippen LogP contribution in [0.5, 0.6) is 5.75 Å². The van der Waals surface area contributed by atoms with Crippen molar-refractivity contribution in [2.24, 2.45) is 0 Å². The zero-order valence-electron chi connectivity index (χ0n) is 16.1. The molecule has 1 heterocycles. The monoisotopic (exact) mass is 440 g/mol. The lowest BCUT2D eigenvalue weighted by atomic mass is 10.2. The summed E-state index contributed by atoms with van der Waals surface area (Å²) in [6.45, 7) is 0.286. The van der Waals surface area contributed by atoms with E-state index in [4.69, 9.17) is 16.3 Å². The minimum absolute atomic E-state index is 0.159. The number of para-hydroxylation sites is 2. The third-order valence-corrected chi connectivity index (χ3v) is 6.11. The second-order valence-corrected chi connectivity index (χ2v) is 7.95. The molecule has 0 amide bonds. The largest absolute Gasteiger partial charge is 0.496 e. The minimum Gasteiger partial charge on any atom is -0.496 e. The number of benzene rings is 3. The highest BCUT2D eigenvalue weighted by molar-refractivity contribution is 7.98. The number of nitrogens with zero attached hydrogens (tertiary/aromatic N) is 2. The summed E-state index contributed by atoms with van der Waals surface area (Å²) >= 11 is 7.45. The van der Waals surface area contributed by atoms with Crippen LogP contribution in [0, 0.1) is 5.82 Å². The Kier molecular flexibility index (Phi) is 6.06. The van der Waals surface area contributed by atoms with E-state index >= 15 is 0 Å². The molecule has 7 heteroatoms. The van der Waals surface area contributed by atoms with Crippen LogP contribution < -0.4 is 10.3 Å². The quantitative estimate of drug-likeness (QED) is 0.292. The summed E-state index contributed by atoms with van der Waals surface area (Å²) in [5.74, 6) is 0.558. The first-order valence-corrected chi connectivity index (χ1v) is 10.6. The Bertz CT molecular complexity index is 1260. The molecule has 0 radical (unpaired) electrons. The molecule has 4 rings (SSSR count). The summed E-state index contributed by atoms with van der Waals surface area (Å²) < 4.78 is 21.3. The van der Waals surface area contributed by atoms with E-state index in [-0.39, 0.29) is 23.7 Å². The molecule has 0 spiro atoms. The van der Waals surface area contributed by atoms with E-state index in [2.05, 4.69) is 4.98 Å². The van der Waals surface area contributed by atoms with Gasteiger partial charge < -0.3 is 4.74 Å². The lowest BCUT2D eigenvalue weighted by Crippen LogP contribution is -2.24. The maximum absolute atomic E-state index is 14.2. The summed E-state index contributed by atoms with van der Waals surface area (Å²) in [5, 5.41) is 1.37. The van der Waals surface area contributed by atoms with Gasteiger partial charge in [0.1, 0.15) is 11.6 Å². The van der Waals surface area contributed by atoms with Gasteiger partial charge in [0.25, 0.3) is 5.56 Å². The van der Waals surface area contributed by atoms with Gasteiger partial charge in [0.05, 0.1) is 24.6 Å². The first-order chi connectivity index (χ1) is 14.6. The van der Waals surface area contributed by atoms with Crippen LogP contribution in [0.25, 0.3) is 10.9 Å². The first-order valence-electron chi connectivity index (χ1n) is 9.25. The highest BCUT2D eigenvalue weighted by atomic mass is 35.5. The van der Waals surface area contributed by atoms with E-state index in [1.807, 2.05) is 36.4 Å². The molecule has 0 bridgehead atoms. The number of aromatic nitrogens is 2. The predicted molar refractivity (Wildman–Crippen MR) is 119 cm³/mol. The van der Waals surface area contributed by atoms with Crippen molar-refractivity contribution in [3.05, 3.63) is 99.1 Å². The van der Waals surface area contributed by atoms with Gasteiger partial charge in [-0.2, -0.15) is 0 Å². The van der Waals surface area contributed by atoms with Crippen LogP contribution in [0.15, 0.2) is 76.7 Å². The van der Waals surface area contributed by atoms with E-state index < -0.39 is 0 Å². The number of thioether (sulfide) groups is 1. The molecule has 0 atom stereocenters. The van der Waals surface area contributed by atoms with Gasteiger partial charge in [-0.15, -0.1) is 0 Å². The average Bonchev–Trinajstić information content (AvgIpc) is 2.76. The summed E-state index contributed by atoms with van der Waals surface area (Å²) in [6.07, 6.45) is 0. The highest BCUT2D eigenvalue weighted by Gasteiger charge is 2.15. The molecule has 4 nitrogen and oxygen atoms in total. The van der Waals surface area contributed by atoms with Crippen LogP contribution in [0.4, 0.5) is 4.39 Å². The molecular formula is C23H18ClFN2O2S. The van der Waals surface area contributed by atoms with E-state index in [0.717, 1.165) is 5.56 Å². The van der Waals surface area contributed by atoms with Crippen molar-refractivity contribution in [2.45, 2.75) is 17.5 Å². The van der Waals surface area contributed by atoms with E-state index in [0.29, 0.717) is 32.4 Å². The van der Waals surface area contributed by atoms with E-state index in [1.165, 1.54) is 17.8 Å². The van der Waals surface area contributed by atoms with E-state index in [1.54, 1.807) is 35.9 Å². The van der Waals surface area contributed by atoms with Gasteiger partial charge in [-0.3, -0.25) is 9.36 Å². The summed E-state index contributed by atoms with van der Waals surface area (Å²) in [7, 11) is 1.59. The van der Waals surface area contributed by atoms with Crippen molar-refractivity contribution >= 4 is 34.3 Å². The maximum Gasteiger partial charge on any atom is 0.262 e. The first kappa shape index (κ1) is 20.4. The molecule has 0 unspecified atom stereocenters. The Morgan fingerprint density at radius 3 is 2.63 bits per heavy atom. The molecule has 30 heavy (non-hydrogen) atoms. The van der Waals surface area contributed by atoms with Crippen molar-refractivity contribution in [1.82, 2.24) is 9.55 Å². The highest BCUT2D eigenvalue weighted by Crippen LogP contribution is 2.29. The predicted octanol–water partition coefficient (Wildman–Crippen LogP) is 5.54. The molecule has 3 aromatic carbocycles. The standard InChI is InChI=1S/C23H18ClFN2O2S/c1-29-21-12-5-2-7-15(21)13-27-22(28)16-8-3-4-11-20(16)26-23(27)30-14-17-18(24)9-6-10-19(17)25/h2-12H,13-14H2,1H3. The van der Waals surface area contributed by atoms with Gasteiger partial charge in [0.15, 0.2) is 5.16 Å². The average molecular weight is 441 g/mol. The van der Waals surface area contributed by atoms with Crippen LogP contribution in [-0.2, 0) is 12.3 Å². The Labute approximate surface area is 182 Å². The third kappa shape index (κ3) is 4.06. The Morgan fingerprint density at radius 1 is 1.07 bits per heavy atom. The number of hydrogen-bond donors (Lipinski definition) is 0.